The molecule has 0 spiro atoms. The Bertz CT molecular complexity index is 597. The van der Waals surface area contributed by atoms with E-state index < -0.39 is 0 Å². The standard InChI is InChI=1S/C16H21N3O/c1-4-9-19-16(17)14(10-20)15(18-19)13-7-5-12(6-8-13)11(2)3/h5-8,10-11H,4,9,17H2,1-3H3. The summed E-state index contributed by atoms with van der Waals surface area (Å²) in [6.07, 6.45) is 1.72. The van der Waals surface area contributed by atoms with Crippen molar-refractivity contribution in [3.05, 3.63) is 35.4 Å². The Balaban J connectivity index is 2.46. The molecule has 1 aromatic carbocycles. The summed E-state index contributed by atoms with van der Waals surface area (Å²) in [4.78, 5) is 11.3. The lowest BCUT2D eigenvalue weighted by Gasteiger charge is -2.05. The average Bonchev–Trinajstić information content (AvgIpc) is 2.76. The first kappa shape index (κ1) is 14.3. The van der Waals surface area contributed by atoms with Gasteiger partial charge in [-0.3, -0.25) is 4.79 Å². The van der Waals surface area contributed by atoms with E-state index in [1.807, 2.05) is 12.1 Å². The Morgan fingerprint density at radius 2 is 1.95 bits per heavy atom. The van der Waals surface area contributed by atoms with E-state index in [0.717, 1.165) is 24.8 Å². The molecule has 0 aliphatic carbocycles. The fourth-order valence-corrected chi connectivity index (χ4v) is 2.23. The molecule has 2 aromatic rings. The Kier molecular flexibility index (Phi) is 4.23. The van der Waals surface area contributed by atoms with Crippen LogP contribution in [0.1, 0.15) is 49.0 Å². The highest BCUT2D eigenvalue weighted by molar-refractivity contribution is 5.91. The van der Waals surface area contributed by atoms with Gasteiger partial charge in [0.15, 0.2) is 6.29 Å². The van der Waals surface area contributed by atoms with Gasteiger partial charge in [-0.25, -0.2) is 4.68 Å². The number of carbonyl (C=O) groups is 1. The van der Waals surface area contributed by atoms with Crippen molar-refractivity contribution >= 4 is 12.1 Å². The van der Waals surface area contributed by atoms with Crippen molar-refractivity contribution < 1.29 is 4.79 Å². The van der Waals surface area contributed by atoms with Gasteiger partial charge < -0.3 is 5.73 Å². The molecule has 4 nitrogen and oxygen atoms in total. The Morgan fingerprint density at radius 3 is 2.45 bits per heavy atom. The van der Waals surface area contributed by atoms with Gasteiger partial charge in [0, 0.05) is 12.1 Å². The predicted molar refractivity (Wildman–Crippen MR) is 81.8 cm³/mol. The molecule has 0 aliphatic rings. The molecular weight excluding hydrogens is 250 g/mol. The number of nitrogens with two attached hydrogens (primary N) is 1. The molecule has 106 valence electrons. The van der Waals surface area contributed by atoms with Gasteiger partial charge in [0.2, 0.25) is 0 Å². The highest BCUT2D eigenvalue weighted by Crippen LogP contribution is 2.27. The van der Waals surface area contributed by atoms with Crippen LogP contribution < -0.4 is 5.73 Å². The van der Waals surface area contributed by atoms with Crippen LogP contribution in [0, 0.1) is 0 Å². The second kappa shape index (κ2) is 5.90. The van der Waals surface area contributed by atoms with Gasteiger partial charge in [0.25, 0.3) is 0 Å². The summed E-state index contributed by atoms with van der Waals surface area (Å²) in [6.45, 7) is 7.08. The van der Waals surface area contributed by atoms with E-state index in [2.05, 4.69) is 38.0 Å². The first-order valence-electron chi connectivity index (χ1n) is 7.00. The maximum atomic E-state index is 11.3. The zero-order valence-corrected chi connectivity index (χ0v) is 12.3. The van der Waals surface area contributed by atoms with Gasteiger partial charge >= 0.3 is 0 Å². The van der Waals surface area contributed by atoms with Gasteiger partial charge in [-0.1, -0.05) is 45.0 Å². The van der Waals surface area contributed by atoms with Gasteiger partial charge in [0.1, 0.15) is 11.5 Å². The summed E-state index contributed by atoms with van der Waals surface area (Å²) in [5.41, 5.74) is 9.33. The molecule has 4 heteroatoms. The summed E-state index contributed by atoms with van der Waals surface area (Å²) in [7, 11) is 0. The normalized spacial score (nSPS) is 11.0. The van der Waals surface area contributed by atoms with E-state index in [1.165, 1.54) is 5.56 Å². The minimum absolute atomic E-state index is 0.449. The topological polar surface area (TPSA) is 60.9 Å². The maximum absolute atomic E-state index is 11.3. The largest absolute Gasteiger partial charge is 0.383 e. The van der Waals surface area contributed by atoms with Gasteiger partial charge in [-0.15, -0.1) is 0 Å². The summed E-state index contributed by atoms with van der Waals surface area (Å²) >= 11 is 0. The molecule has 2 rings (SSSR count). The fourth-order valence-electron chi connectivity index (χ4n) is 2.23. The van der Waals surface area contributed by atoms with Crippen LogP contribution in [0.2, 0.25) is 0 Å². The van der Waals surface area contributed by atoms with Crippen molar-refractivity contribution in [2.75, 3.05) is 5.73 Å². The molecule has 2 N–H and O–H groups in total. The molecule has 0 saturated carbocycles. The van der Waals surface area contributed by atoms with Crippen molar-refractivity contribution in [3.63, 3.8) is 0 Å². The van der Waals surface area contributed by atoms with Crippen molar-refractivity contribution in [2.24, 2.45) is 0 Å². The van der Waals surface area contributed by atoms with Crippen LogP contribution in [0.3, 0.4) is 0 Å². The Labute approximate surface area is 119 Å². The number of aromatic nitrogens is 2. The highest BCUT2D eigenvalue weighted by atomic mass is 16.1. The summed E-state index contributed by atoms with van der Waals surface area (Å²) in [5, 5.41) is 4.48. The van der Waals surface area contributed by atoms with Crippen LogP contribution in [-0.2, 0) is 6.54 Å². The minimum atomic E-state index is 0.449. The third kappa shape index (κ3) is 2.59. The zero-order valence-electron chi connectivity index (χ0n) is 12.3. The summed E-state index contributed by atoms with van der Waals surface area (Å²) < 4.78 is 1.70. The zero-order chi connectivity index (χ0) is 14.7. The minimum Gasteiger partial charge on any atom is -0.383 e. The first-order valence-corrected chi connectivity index (χ1v) is 7.00. The smallest absolute Gasteiger partial charge is 0.156 e. The second-order valence-electron chi connectivity index (χ2n) is 5.27. The number of nitrogen functional groups attached to an aromatic ring is 1. The molecule has 0 unspecified atom stereocenters. The number of nitrogens with zero attached hydrogens (tertiary/aromatic N) is 2. The van der Waals surface area contributed by atoms with Gasteiger partial charge in [0.05, 0.1) is 5.56 Å². The van der Waals surface area contributed by atoms with Crippen LogP contribution in [0.4, 0.5) is 5.82 Å². The average molecular weight is 271 g/mol. The number of benzene rings is 1. The lowest BCUT2D eigenvalue weighted by atomic mass is 10.00. The molecule has 0 radical (unpaired) electrons. The lowest BCUT2D eigenvalue weighted by Crippen LogP contribution is -2.04. The number of carbonyl (C=O) groups excluding carboxylic acids is 1. The molecule has 0 fully saturated rings. The SMILES string of the molecule is CCCn1nc(-c2ccc(C(C)C)cc2)c(C=O)c1N. The van der Waals surface area contributed by atoms with Crippen LogP contribution in [0.25, 0.3) is 11.3 Å². The van der Waals surface area contributed by atoms with Crippen molar-refractivity contribution in [1.82, 2.24) is 9.78 Å². The number of aryl methyl sites for hydroxylation is 1. The van der Waals surface area contributed by atoms with Crippen molar-refractivity contribution in [2.45, 2.75) is 39.7 Å². The van der Waals surface area contributed by atoms with E-state index in [1.54, 1.807) is 4.68 Å². The van der Waals surface area contributed by atoms with E-state index in [4.69, 9.17) is 5.73 Å². The Morgan fingerprint density at radius 1 is 1.30 bits per heavy atom. The molecule has 0 atom stereocenters. The lowest BCUT2D eigenvalue weighted by molar-refractivity contribution is 0.112. The van der Waals surface area contributed by atoms with Crippen LogP contribution >= 0.6 is 0 Å². The van der Waals surface area contributed by atoms with E-state index in [-0.39, 0.29) is 0 Å². The molecule has 0 saturated heterocycles. The molecule has 0 aliphatic heterocycles. The van der Waals surface area contributed by atoms with Gasteiger partial charge in [-0.2, -0.15) is 5.10 Å². The quantitative estimate of drug-likeness (QED) is 0.847. The Hall–Kier alpha value is -2.10. The second-order valence-corrected chi connectivity index (χ2v) is 5.27. The van der Waals surface area contributed by atoms with Crippen LogP contribution in [0.15, 0.2) is 24.3 Å². The molecule has 20 heavy (non-hydrogen) atoms. The van der Waals surface area contributed by atoms with Crippen LogP contribution in [0.5, 0.6) is 0 Å². The number of aldehydes is 1. The number of anilines is 1. The van der Waals surface area contributed by atoms with E-state index >= 15 is 0 Å². The first-order chi connectivity index (χ1) is 9.58. The van der Waals surface area contributed by atoms with E-state index in [0.29, 0.717) is 23.0 Å². The number of hydrogen-bond donors (Lipinski definition) is 1. The van der Waals surface area contributed by atoms with Gasteiger partial charge in [-0.05, 0) is 17.9 Å². The molecule has 1 heterocycles. The summed E-state index contributed by atoms with van der Waals surface area (Å²) in [6, 6.07) is 8.15. The molecule has 0 amide bonds. The third-order valence-electron chi connectivity index (χ3n) is 3.43. The number of hydrogen-bond acceptors (Lipinski definition) is 3. The highest BCUT2D eigenvalue weighted by Gasteiger charge is 2.16. The third-order valence-corrected chi connectivity index (χ3v) is 3.43. The molecule has 0 bridgehead atoms. The monoisotopic (exact) mass is 271 g/mol. The maximum Gasteiger partial charge on any atom is 0.156 e. The van der Waals surface area contributed by atoms with Crippen LogP contribution in [-0.4, -0.2) is 16.1 Å². The van der Waals surface area contributed by atoms with E-state index in [9.17, 15) is 4.79 Å². The molecule has 1 aromatic heterocycles. The summed E-state index contributed by atoms with van der Waals surface area (Å²) in [5.74, 6) is 0.932. The van der Waals surface area contributed by atoms with Crippen molar-refractivity contribution in [3.8, 4) is 11.3 Å². The fraction of sp³-hybridized carbons (Fsp3) is 0.375. The van der Waals surface area contributed by atoms with Crippen molar-refractivity contribution in [1.29, 1.82) is 0 Å². The molecular formula is C16H21N3O. The number of rotatable bonds is 5. The predicted octanol–water partition coefficient (Wildman–Crippen LogP) is 3.48.